The molecule has 1 aliphatic heterocycles. The summed E-state index contributed by atoms with van der Waals surface area (Å²) in [6.07, 6.45) is 3.92. The van der Waals surface area contributed by atoms with Crippen LogP contribution in [0.25, 0.3) is 0 Å². The van der Waals surface area contributed by atoms with Gasteiger partial charge in [0.15, 0.2) is 5.96 Å². The molecule has 1 saturated heterocycles. The summed E-state index contributed by atoms with van der Waals surface area (Å²) in [6.45, 7) is 10.6. The van der Waals surface area contributed by atoms with Crippen LogP contribution in [0.1, 0.15) is 36.6 Å². The van der Waals surface area contributed by atoms with Gasteiger partial charge in [-0.2, -0.15) is 5.10 Å². The van der Waals surface area contributed by atoms with Crippen LogP contribution in [0.3, 0.4) is 0 Å². The maximum atomic E-state index is 5.96. The number of benzene rings is 1. The van der Waals surface area contributed by atoms with Crippen molar-refractivity contribution in [2.75, 3.05) is 39.8 Å². The van der Waals surface area contributed by atoms with E-state index < -0.39 is 0 Å². The van der Waals surface area contributed by atoms with Gasteiger partial charge < -0.3 is 15.0 Å². The van der Waals surface area contributed by atoms with E-state index in [-0.39, 0.29) is 30.1 Å². The van der Waals surface area contributed by atoms with Gasteiger partial charge in [-0.15, -0.1) is 24.0 Å². The minimum Gasteiger partial charge on any atom is -0.370 e. The van der Waals surface area contributed by atoms with Crippen LogP contribution in [0.4, 0.5) is 0 Å². The average molecular weight is 526 g/mol. The quantitative estimate of drug-likeness (QED) is 0.342. The molecule has 0 radical (unpaired) electrons. The Bertz CT molecular complexity index is 804. The molecule has 1 aliphatic rings. The molecule has 1 aromatic carbocycles. The number of aryl methyl sites for hydroxylation is 1. The second-order valence-electron chi connectivity index (χ2n) is 7.43. The van der Waals surface area contributed by atoms with Gasteiger partial charge >= 0.3 is 0 Å². The number of halogens is 1. The number of rotatable bonds is 7. The molecular weight excluding hydrogens is 491 g/mol. The number of nitrogens with one attached hydrogen (secondary N) is 1. The molecule has 1 N–H and O–H groups in total. The van der Waals surface area contributed by atoms with Crippen LogP contribution >= 0.6 is 24.0 Å². The Hall–Kier alpha value is -1.65. The van der Waals surface area contributed by atoms with Gasteiger partial charge in [0, 0.05) is 45.5 Å². The van der Waals surface area contributed by atoms with E-state index in [9.17, 15) is 0 Å². The van der Waals surface area contributed by atoms with Gasteiger partial charge in [-0.3, -0.25) is 14.6 Å². The van der Waals surface area contributed by atoms with Gasteiger partial charge in [0.2, 0.25) is 0 Å². The Balaban J connectivity index is 0.00000320. The summed E-state index contributed by atoms with van der Waals surface area (Å²) >= 11 is 0. The molecule has 7 nitrogen and oxygen atoms in total. The normalized spacial score (nSPS) is 17.2. The third-order valence-electron chi connectivity index (χ3n) is 5.42. The minimum atomic E-state index is 0. The Morgan fingerprint density at radius 1 is 1.30 bits per heavy atom. The standard InChI is InChI=1S/C22H34N6O.HI/c1-5-27(6-2)15-19-9-7-8-18(12-19)13-24-22(23-3)28-10-11-29-21(17-28)20-14-25-26(4)16-20;/h7-9,12,14,16,21H,5-6,10-11,13,15,17H2,1-4H3,(H,23,24);1H. The Kier molecular flexibility index (Phi) is 10.1. The first-order chi connectivity index (χ1) is 14.1. The van der Waals surface area contributed by atoms with E-state index in [0.29, 0.717) is 6.61 Å². The fraction of sp³-hybridized carbons (Fsp3) is 0.545. The van der Waals surface area contributed by atoms with Crippen LogP contribution in [0.5, 0.6) is 0 Å². The van der Waals surface area contributed by atoms with Crippen LogP contribution in [0.15, 0.2) is 41.7 Å². The summed E-state index contributed by atoms with van der Waals surface area (Å²) < 4.78 is 7.77. The first-order valence-corrected chi connectivity index (χ1v) is 10.5. The highest BCUT2D eigenvalue weighted by Crippen LogP contribution is 2.21. The highest BCUT2D eigenvalue weighted by atomic mass is 127. The van der Waals surface area contributed by atoms with Crippen LogP contribution in [0, 0.1) is 0 Å². The average Bonchev–Trinajstić information content (AvgIpc) is 3.19. The van der Waals surface area contributed by atoms with Crippen molar-refractivity contribution in [3.8, 4) is 0 Å². The number of hydrogen-bond donors (Lipinski definition) is 1. The monoisotopic (exact) mass is 526 g/mol. The first-order valence-electron chi connectivity index (χ1n) is 10.5. The van der Waals surface area contributed by atoms with E-state index in [1.54, 1.807) is 0 Å². The molecule has 0 bridgehead atoms. The molecule has 1 atom stereocenters. The van der Waals surface area contributed by atoms with E-state index in [0.717, 1.165) is 50.8 Å². The molecule has 8 heteroatoms. The van der Waals surface area contributed by atoms with Crippen molar-refractivity contribution in [1.82, 2.24) is 24.9 Å². The Morgan fingerprint density at radius 3 is 2.73 bits per heavy atom. The molecule has 1 aromatic heterocycles. The third-order valence-corrected chi connectivity index (χ3v) is 5.42. The second-order valence-corrected chi connectivity index (χ2v) is 7.43. The topological polar surface area (TPSA) is 57.9 Å². The fourth-order valence-corrected chi connectivity index (χ4v) is 3.71. The van der Waals surface area contributed by atoms with Crippen molar-refractivity contribution in [3.05, 3.63) is 53.3 Å². The summed E-state index contributed by atoms with van der Waals surface area (Å²) in [5, 5.41) is 7.79. The molecule has 0 aliphatic carbocycles. The smallest absolute Gasteiger partial charge is 0.194 e. The zero-order chi connectivity index (χ0) is 20.6. The molecule has 0 spiro atoms. The van der Waals surface area contributed by atoms with Gasteiger partial charge in [-0.1, -0.05) is 38.1 Å². The molecule has 166 valence electrons. The van der Waals surface area contributed by atoms with E-state index in [1.165, 1.54) is 11.1 Å². The van der Waals surface area contributed by atoms with Crippen molar-refractivity contribution < 1.29 is 4.74 Å². The van der Waals surface area contributed by atoms with Crippen LogP contribution in [-0.4, -0.2) is 65.4 Å². The van der Waals surface area contributed by atoms with Crippen LogP contribution < -0.4 is 5.32 Å². The predicted octanol–water partition coefficient (Wildman–Crippen LogP) is 3.03. The maximum absolute atomic E-state index is 5.96. The Labute approximate surface area is 197 Å². The summed E-state index contributed by atoms with van der Waals surface area (Å²) in [5.41, 5.74) is 3.73. The Morgan fingerprint density at radius 2 is 2.07 bits per heavy atom. The molecule has 0 saturated carbocycles. The van der Waals surface area contributed by atoms with Gasteiger partial charge in [-0.25, -0.2) is 0 Å². The predicted molar refractivity (Wildman–Crippen MR) is 132 cm³/mol. The number of ether oxygens (including phenoxy) is 1. The highest BCUT2D eigenvalue weighted by molar-refractivity contribution is 14.0. The van der Waals surface area contributed by atoms with Crippen molar-refractivity contribution >= 4 is 29.9 Å². The lowest BCUT2D eigenvalue weighted by Crippen LogP contribution is -2.47. The van der Waals surface area contributed by atoms with Crippen molar-refractivity contribution in [3.63, 3.8) is 0 Å². The molecular formula is C22H35IN6O. The number of aliphatic imine (C=N–C) groups is 1. The lowest BCUT2D eigenvalue weighted by molar-refractivity contribution is -0.00805. The van der Waals surface area contributed by atoms with E-state index in [2.05, 4.69) is 63.3 Å². The SMILES string of the molecule is CCN(CC)Cc1cccc(CNC(=NC)N2CCOC(c3cnn(C)c3)C2)c1.I. The number of hydrogen-bond acceptors (Lipinski definition) is 4. The molecule has 30 heavy (non-hydrogen) atoms. The van der Waals surface area contributed by atoms with Gasteiger partial charge in [0.25, 0.3) is 0 Å². The molecule has 0 amide bonds. The lowest BCUT2D eigenvalue weighted by atomic mass is 10.1. The second kappa shape index (κ2) is 12.3. The molecule has 2 heterocycles. The fourth-order valence-electron chi connectivity index (χ4n) is 3.71. The molecule has 2 aromatic rings. The number of morpholine rings is 1. The van der Waals surface area contributed by atoms with Crippen LogP contribution in [-0.2, 0) is 24.9 Å². The highest BCUT2D eigenvalue weighted by Gasteiger charge is 2.25. The minimum absolute atomic E-state index is 0. The summed E-state index contributed by atoms with van der Waals surface area (Å²) in [7, 11) is 3.77. The van der Waals surface area contributed by atoms with Crippen molar-refractivity contribution in [2.24, 2.45) is 12.0 Å². The maximum Gasteiger partial charge on any atom is 0.194 e. The number of nitrogens with zero attached hydrogens (tertiary/aromatic N) is 5. The molecule has 1 unspecified atom stereocenters. The number of aromatic nitrogens is 2. The largest absolute Gasteiger partial charge is 0.370 e. The first kappa shape index (κ1) is 24.6. The van der Waals surface area contributed by atoms with Crippen molar-refractivity contribution in [1.29, 1.82) is 0 Å². The number of guanidine groups is 1. The summed E-state index contributed by atoms with van der Waals surface area (Å²) in [4.78, 5) is 9.20. The zero-order valence-corrected chi connectivity index (χ0v) is 20.9. The van der Waals surface area contributed by atoms with E-state index in [1.807, 2.05) is 31.2 Å². The van der Waals surface area contributed by atoms with Gasteiger partial charge in [-0.05, 0) is 24.2 Å². The van der Waals surface area contributed by atoms with E-state index in [4.69, 9.17) is 4.74 Å². The summed E-state index contributed by atoms with van der Waals surface area (Å²) in [6, 6.07) is 8.81. The summed E-state index contributed by atoms with van der Waals surface area (Å²) in [5.74, 6) is 0.913. The van der Waals surface area contributed by atoms with Gasteiger partial charge in [0.1, 0.15) is 6.10 Å². The molecule has 3 rings (SSSR count). The third kappa shape index (κ3) is 6.68. The molecule has 1 fully saturated rings. The van der Waals surface area contributed by atoms with Crippen molar-refractivity contribution in [2.45, 2.75) is 33.0 Å². The van der Waals surface area contributed by atoms with E-state index >= 15 is 0 Å². The van der Waals surface area contributed by atoms with Crippen LogP contribution in [0.2, 0.25) is 0 Å². The lowest BCUT2D eigenvalue weighted by Gasteiger charge is -2.34. The van der Waals surface area contributed by atoms with Gasteiger partial charge in [0.05, 0.1) is 19.3 Å². The zero-order valence-electron chi connectivity index (χ0n) is 18.5.